The van der Waals surface area contributed by atoms with Crippen molar-refractivity contribution in [2.45, 2.75) is 33.6 Å². The average molecular weight is 523 g/mol. The number of halogens is 1. The van der Waals surface area contributed by atoms with Crippen LogP contribution in [0.2, 0.25) is 0 Å². The number of Topliss-reactive ketones (excluding diaryl/α,β-unsaturated/α-hetero) is 1. The Balaban J connectivity index is 1.75. The average Bonchev–Trinajstić information content (AvgIpc) is 3.38. The molecule has 0 spiro atoms. The number of hydrogen-bond donors (Lipinski definition) is 1. The zero-order valence-electron chi connectivity index (χ0n) is 20.2. The van der Waals surface area contributed by atoms with Crippen molar-refractivity contribution in [2.24, 2.45) is 5.41 Å². The van der Waals surface area contributed by atoms with Gasteiger partial charge in [0.15, 0.2) is 5.78 Å². The molecule has 0 unspecified atom stereocenters. The summed E-state index contributed by atoms with van der Waals surface area (Å²) in [5, 5.41) is 1.12. The maximum absolute atomic E-state index is 13.8. The number of rotatable bonds is 3. The van der Waals surface area contributed by atoms with Crippen molar-refractivity contribution >= 4 is 32.6 Å². The fourth-order valence-corrected chi connectivity index (χ4v) is 5.86. The number of H-pyrrole nitrogens is 1. The molecule has 3 aromatic carbocycles. The van der Waals surface area contributed by atoms with E-state index in [0.29, 0.717) is 6.42 Å². The molecule has 1 N–H and O–H groups in total. The molecule has 174 valence electrons. The zero-order valence-corrected chi connectivity index (χ0v) is 21.7. The Morgan fingerprint density at radius 3 is 2.37 bits per heavy atom. The van der Waals surface area contributed by atoms with Crippen LogP contribution < -0.4 is 0 Å². The van der Waals surface area contributed by atoms with Crippen LogP contribution in [0.4, 0.5) is 0 Å². The maximum Gasteiger partial charge on any atom is 0.165 e. The Morgan fingerprint density at radius 2 is 1.63 bits per heavy atom. The lowest BCUT2D eigenvalue weighted by Crippen LogP contribution is -2.28. The summed E-state index contributed by atoms with van der Waals surface area (Å²) >= 11 is 3.60. The number of aromatic nitrogens is 2. The van der Waals surface area contributed by atoms with Crippen LogP contribution in [-0.4, -0.2) is 15.3 Å². The van der Waals surface area contributed by atoms with Crippen LogP contribution in [0.5, 0.6) is 0 Å². The fraction of sp³-hybridized carbons (Fsp3) is 0.194. The SMILES string of the molecule is Cc1ccc(-n2c3c(c(-c4cc5cc(Br)ccc5[nH]4)c2-c2ccccc2)C(=O)CC(C)(C)C3)cc1. The molecule has 0 aliphatic heterocycles. The number of carbonyl (C=O) groups is 1. The third-order valence-corrected chi connectivity index (χ3v) is 7.52. The minimum Gasteiger partial charge on any atom is -0.354 e. The molecule has 3 nitrogen and oxygen atoms in total. The van der Waals surface area contributed by atoms with E-state index in [-0.39, 0.29) is 11.2 Å². The second kappa shape index (κ2) is 8.10. The zero-order chi connectivity index (χ0) is 24.3. The summed E-state index contributed by atoms with van der Waals surface area (Å²) in [6.07, 6.45) is 1.39. The van der Waals surface area contributed by atoms with Crippen LogP contribution in [-0.2, 0) is 6.42 Å². The Kier molecular flexibility index (Phi) is 5.12. The smallest absolute Gasteiger partial charge is 0.165 e. The third-order valence-electron chi connectivity index (χ3n) is 7.02. The maximum atomic E-state index is 13.8. The highest BCUT2D eigenvalue weighted by molar-refractivity contribution is 9.10. The van der Waals surface area contributed by atoms with E-state index in [0.717, 1.165) is 61.3 Å². The van der Waals surface area contributed by atoms with Gasteiger partial charge in [-0.25, -0.2) is 0 Å². The van der Waals surface area contributed by atoms with Gasteiger partial charge >= 0.3 is 0 Å². The second-order valence-corrected chi connectivity index (χ2v) is 11.4. The molecule has 6 rings (SSSR count). The van der Waals surface area contributed by atoms with E-state index in [1.807, 2.05) is 12.1 Å². The molecular weight excluding hydrogens is 496 g/mol. The van der Waals surface area contributed by atoms with Gasteiger partial charge in [-0.15, -0.1) is 0 Å². The number of aromatic amines is 1. The van der Waals surface area contributed by atoms with E-state index in [1.54, 1.807) is 0 Å². The van der Waals surface area contributed by atoms with Crippen LogP contribution >= 0.6 is 15.9 Å². The highest BCUT2D eigenvalue weighted by Gasteiger charge is 2.38. The van der Waals surface area contributed by atoms with Gasteiger partial charge in [-0.1, -0.05) is 77.8 Å². The Labute approximate surface area is 213 Å². The lowest BCUT2D eigenvalue weighted by Gasteiger charge is -2.30. The lowest BCUT2D eigenvalue weighted by atomic mass is 9.75. The Bertz CT molecular complexity index is 1590. The number of carbonyl (C=O) groups excluding carboxylic acids is 1. The minimum atomic E-state index is -0.0958. The van der Waals surface area contributed by atoms with Crippen molar-refractivity contribution in [2.75, 3.05) is 0 Å². The highest BCUT2D eigenvalue weighted by atomic mass is 79.9. The predicted molar refractivity (Wildman–Crippen MR) is 147 cm³/mol. The van der Waals surface area contributed by atoms with Crippen LogP contribution in [0.3, 0.4) is 0 Å². The van der Waals surface area contributed by atoms with E-state index in [9.17, 15) is 4.79 Å². The first-order valence-corrected chi connectivity index (χ1v) is 12.8. The first-order valence-electron chi connectivity index (χ1n) is 12.0. The molecule has 35 heavy (non-hydrogen) atoms. The largest absolute Gasteiger partial charge is 0.354 e. The Morgan fingerprint density at radius 1 is 0.886 bits per heavy atom. The van der Waals surface area contributed by atoms with E-state index in [1.165, 1.54) is 5.56 Å². The molecule has 0 saturated heterocycles. The number of nitrogens with zero attached hydrogens (tertiary/aromatic N) is 1. The number of aryl methyl sites for hydroxylation is 1. The molecule has 5 aromatic rings. The van der Waals surface area contributed by atoms with Gasteiger partial charge in [0.25, 0.3) is 0 Å². The molecule has 1 aliphatic rings. The molecule has 0 radical (unpaired) electrons. The molecule has 0 amide bonds. The van der Waals surface area contributed by atoms with Crippen molar-refractivity contribution in [3.8, 4) is 28.2 Å². The molecule has 0 bridgehead atoms. The van der Waals surface area contributed by atoms with E-state index in [4.69, 9.17) is 0 Å². The third kappa shape index (κ3) is 3.77. The molecule has 4 heteroatoms. The van der Waals surface area contributed by atoms with Gasteiger partial charge in [-0.2, -0.15) is 0 Å². The van der Waals surface area contributed by atoms with Gasteiger partial charge in [-0.05, 0) is 60.7 Å². The van der Waals surface area contributed by atoms with E-state index < -0.39 is 0 Å². The van der Waals surface area contributed by atoms with Gasteiger partial charge in [-0.3, -0.25) is 4.79 Å². The molecule has 0 saturated carbocycles. The summed E-state index contributed by atoms with van der Waals surface area (Å²) in [7, 11) is 0. The number of nitrogens with one attached hydrogen (secondary N) is 1. The van der Waals surface area contributed by atoms with Gasteiger partial charge < -0.3 is 9.55 Å². The normalized spacial score (nSPS) is 14.9. The summed E-state index contributed by atoms with van der Waals surface area (Å²) in [4.78, 5) is 17.4. The van der Waals surface area contributed by atoms with Crippen LogP contribution in [0.15, 0.2) is 83.3 Å². The van der Waals surface area contributed by atoms with Crippen molar-refractivity contribution < 1.29 is 4.79 Å². The molecule has 2 aromatic heterocycles. The van der Waals surface area contributed by atoms with Crippen LogP contribution in [0.1, 0.15) is 41.9 Å². The van der Waals surface area contributed by atoms with Gasteiger partial charge in [0, 0.05) is 50.0 Å². The summed E-state index contributed by atoms with van der Waals surface area (Å²) in [6.45, 7) is 6.50. The van der Waals surface area contributed by atoms with Crippen LogP contribution in [0, 0.1) is 12.3 Å². The number of fused-ring (bicyclic) bond motifs is 2. The quantitative estimate of drug-likeness (QED) is 0.253. The van der Waals surface area contributed by atoms with E-state index >= 15 is 0 Å². The van der Waals surface area contributed by atoms with Gasteiger partial charge in [0.05, 0.1) is 5.69 Å². The second-order valence-electron chi connectivity index (χ2n) is 10.4. The predicted octanol–water partition coefficient (Wildman–Crippen LogP) is 8.52. The number of ketones is 1. The topological polar surface area (TPSA) is 37.8 Å². The number of hydrogen-bond acceptors (Lipinski definition) is 1. The van der Waals surface area contributed by atoms with E-state index in [2.05, 4.69) is 113 Å². The van der Waals surface area contributed by atoms with Crippen molar-refractivity contribution in [1.82, 2.24) is 9.55 Å². The summed E-state index contributed by atoms with van der Waals surface area (Å²) in [5.41, 5.74) is 9.36. The first-order chi connectivity index (χ1) is 16.8. The fourth-order valence-electron chi connectivity index (χ4n) is 5.48. The van der Waals surface area contributed by atoms with Gasteiger partial charge in [0.1, 0.15) is 0 Å². The first kappa shape index (κ1) is 22.1. The molecule has 2 heterocycles. The molecule has 0 atom stereocenters. The molecular formula is C31H27BrN2O. The highest BCUT2D eigenvalue weighted by Crippen LogP contribution is 2.47. The number of benzene rings is 3. The molecule has 0 fully saturated rings. The summed E-state index contributed by atoms with van der Waals surface area (Å²) in [5.74, 6) is 0.217. The minimum absolute atomic E-state index is 0.0958. The lowest BCUT2D eigenvalue weighted by molar-refractivity contribution is 0.0911. The van der Waals surface area contributed by atoms with Crippen molar-refractivity contribution in [1.29, 1.82) is 0 Å². The Hall–Kier alpha value is -3.37. The molecule has 1 aliphatic carbocycles. The summed E-state index contributed by atoms with van der Waals surface area (Å²) < 4.78 is 3.37. The monoisotopic (exact) mass is 522 g/mol. The van der Waals surface area contributed by atoms with Crippen molar-refractivity contribution in [3.05, 3.63) is 100 Å². The van der Waals surface area contributed by atoms with Crippen molar-refractivity contribution in [3.63, 3.8) is 0 Å². The van der Waals surface area contributed by atoms with Crippen LogP contribution in [0.25, 0.3) is 39.1 Å². The summed E-state index contributed by atoms with van der Waals surface area (Å²) in [6, 6.07) is 27.5. The van der Waals surface area contributed by atoms with Gasteiger partial charge in [0.2, 0.25) is 0 Å². The standard InChI is InChI=1S/C31H27BrN2O/c1-19-9-12-23(13-10-19)34-26-17-31(2,3)18-27(35)29(26)28(30(34)20-7-5-4-6-8-20)25-16-21-15-22(32)11-14-24(21)33-25/h4-16,33H,17-18H2,1-3H3.